The Labute approximate surface area is 133 Å². The van der Waals surface area contributed by atoms with Crippen molar-refractivity contribution < 1.29 is 26.7 Å². The lowest BCUT2D eigenvalue weighted by Crippen LogP contribution is -2.49. The number of aromatic nitrogens is 4. The molecule has 0 saturated heterocycles. The molecule has 10 nitrogen and oxygen atoms in total. The molecule has 128 valence electrons. The van der Waals surface area contributed by atoms with Gasteiger partial charge in [0.05, 0.1) is 53.0 Å². The molecule has 2 aromatic heterocycles. The van der Waals surface area contributed by atoms with Crippen LogP contribution in [-0.2, 0) is 38.6 Å². The summed E-state index contributed by atoms with van der Waals surface area (Å²) in [6, 6.07) is 3.64. The first-order valence-corrected chi connectivity index (χ1v) is 7.46. The molecule has 0 aliphatic carbocycles. The van der Waals surface area contributed by atoms with Gasteiger partial charge in [-0.15, -0.1) is 0 Å². The van der Waals surface area contributed by atoms with Crippen LogP contribution in [0.4, 0.5) is 0 Å². The summed E-state index contributed by atoms with van der Waals surface area (Å²) in [5.41, 5.74) is -0.00463. The molecule has 2 heterocycles. The second kappa shape index (κ2) is 8.92. The van der Waals surface area contributed by atoms with Crippen LogP contribution in [0.3, 0.4) is 0 Å². The molecular formula is C12H18N4O6S. The van der Waals surface area contributed by atoms with Gasteiger partial charge in [-0.2, -0.15) is 9.59 Å². The zero-order chi connectivity index (χ0) is 18.2. The molecule has 0 amide bonds. The van der Waals surface area contributed by atoms with Crippen molar-refractivity contribution in [2.75, 3.05) is 0 Å². The van der Waals surface area contributed by atoms with E-state index in [0.29, 0.717) is 0 Å². The third kappa shape index (κ3) is 9.29. The molecule has 0 N–H and O–H groups in total. The van der Waals surface area contributed by atoms with Crippen LogP contribution >= 0.6 is 0 Å². The molecule has 0 atom stereocenters. The maximum absolute atomic E-state index is 10.9. The van der Waals surface area contributed by atoms with Gasteiger partial charge in [0.2, 0.25) is 0 Å². The average molecular weight is 346 g/mol. The Balaban J connectivity index is 0.000000332. The molecule has 0 aliphatic rings. The first-order chi connectivity index (χ1) is 10.4. The molecule has 0 unspecified atom stereocenters. The van der Waals surface area contributed by atoms with Crippen LogP contribution in [-0.4, -0.2) is 26.7 Å². The predicted molar refractivity (Wildman–Crippen MR) is 76.2 cm³/mol. The third-order valence-electron chi connectivity index (χ3n) is 2.45. The minimum atomic E-state index is -5.17. The monoisotopic (exact) mass is 346 g/mol. The van der Waals surface area contributed by atoms with E-state index in [1.807, 2.05) is 12.1 Å². The number of hydrogen-bond donors (Lipinski definition) is 0. The van der Waals surface area contributed by atoms with Crippen molar-refractivity contribution in [1.29, 1.82) is 0 Å². The van der Waals surface area contributed by atoms with Crippen molar-refractivity contribution in [2.45, 2.75) is 0 Å². The Morgan fingerprint density at radius 1 is 0.870 bits per heavy atom. The van der Waals surface area contributed by atoms with Crippen molar-refractivity contribution in [2.24, 2.45) is 28.2 Å². The number of rotatable bonds is 0. The summed E-state index contributed by atoms with van der Waals surface area (Å²) in [7, 11) is 1.73. The summed E-state index contributed by atoms with van der Waals surface area (Å²) >= 11 is 0. The normalized spacial score (nSPS) is 10.0. The van der Waals surface area contributed by atoms with Gasteiger partial charge >= 0.3 is 11.4 Å². The number of aryl methyl sites for hydroxylation is 4. The fourth-order valence-corrected chi connectivity index (χ4v) is 1.35. The quantitative estimate of drug-likeness (QED) is 0.285. The van der Waals surface area contributed by atoms with Crippen molar-refractivity contribution in [3.8, 4) is 0 Å². The van der Waals surface area contributed by atoms with Crippen LogP contribution in [0.5, 0.6) is 0 Å². The smallest absolute Gasteiger partial charge is 0.497 e. The highest BCUT2D eigenvalue weighted by Gasteiger charge is 1.98. The molecule has 0 aliphatic heterocycles. The highest BCUT2D eigenvalue weighted by atomic mass is 32.3. The molecule has 0 fully saturated rings. The number of nitrogens with zero attached hydrogens (tertiary/aromatic N) is 4. The molecule has 2 rings (SSSR count). The van der Waals surface area contributed by atoms with Crippen LogP contribution in [0.15, 0.2) is 46.5 Å². The van der Waals surface area contributed by atoms with Crippen LogP contribution in [0.1, 0.15) is 0 Å². The minimum Gasteiger partial charge on any atom is -0.759 e. The van der Waals surface area contributed by atoms with Crippen molar-refractivity contribution in [3.63, 3.8) is 0 Å². The van der Waals surface area contributed by atoms with Gasteiger partial charge in [0, 0.05) is 22.5 Å². The van der Waals surface area contributed by atoms with Crippen molar-refractivity contribution in [1.82, 2.24) is 9.13 Å². The van der Waals surface area contributed by atoms with Gasteiger partial charge in [0.1, 0.15) is 0 Å². The molecule has 23 heavy (non-hydrogen) atoms. The van der Waals surface area contributed by atoms with Crippen LogP contribution < -0.4 is 20.5 Å². The van der Waals surface area contributed by atoms with E-state index in [1.165, 1.54) is 18.3 Å². The highest BCUT2D eigenvalue weighted by molar-refractivity contribution is 7.79. The third-order valence-corrected chi connectivity index (χ3v) is 2.45. The molecular weight excluding hydrogens is 328 g/mol. The topological polar surface area (TPSA) is 132 Å². The molecule has 0 bridgehead atoms. The minimum absolute atomic E-state index is 0.00231. The summed E-state index contributed by atoms with van der Waals surface area (Å²) in [6.45, 7) is 0. The Morgan fingerprint density at radius 2 is 1.13 bits per heavy atom. The maximum atomic E-state index is 10.9. The molecule has 0 aromatic carbocycles. The fourth-order valence-electron chi connectivity index (χ4n) is 1.35. The fraction of sp³-hybridized carbons (Fsp3) is 0.333. The van der Waals surface area contributed by atoms with Gasteiger partial charge in [-0.1, -0.05) is 0 Å². The zero-order valence-electron chi connectivity index (χ0n) is 13.1. The maximum Gasteiger partial charge on any atom is 0.497 e. The second-order valence-electron chi connectivity index (χ2n) is 4.40. The zero-order valence-corrected chi connectivity index (χ0v) is 13.9. The van der Waals surface area contributed by atoms with E-state index in [1.54, 1.807) is 53.0 Å². The molecule has 11 heteroatoms. The Kier molecular flexibility index (Phi) is 8.00. The second-order valence-corrected chi connectivity index (χ2v) is 5.21. The Hall–Kier alpha value is -2.37. The molecule has 0 radical (unpaired) electrons. The number of hydrogen-bond acceptors (Lipinski definition) is 6. The lowest BCUT2D eigenvalue weighted by atomic mass is 10.6. The van der Waals surface area contributed by atoms with E-state index in [0.717, 1.165) is 0 Å². The van der Waals surface area contributed by atoms with Gasteiger partial charge in [-0.25, -0.2) is 18.3 Å². The van der Waals surface area contributed by atoms with Crippen LogP contribution in [0.2, 0.25) is 0 Å². The van der Waals surface area contributed by atoms with Crippen molar-refractivity contribution >= 4 is 10.4 Å². The molecule has 0 spiro atoms. The average Bonchev–Trinajstić information content (AvgIpc) is 2.41. The van der Waals surface area contributed by atoms with E-state index in [2.05, 4.69) is 0 Å². The SMILES string of the molecule is Cn1ccc[n+](C)c1=O.Cn1ccc[n+](C)c1=O.O=S(=O)([O-])[O-]. The summed E-state index contributed by atoms with van der Waals surface area (Å²) in [4.78, 5) is 21.8. The molecule has 0 saturated carbocycles. The largest absolute Gasteiger partial charge is 0.759 e. The lowest BCUT2D eigenvalue weighted by Gasteiger charge is -2.06. The first-order valence-electron chi connectivity index (χ1n) is 6.12. The predicted octanol–water partition coefficient (Wildman–Crippen LogP) is -2.92. The van der Waals surface area contributed by atoms with Crippen LogP contribution in [0.25, 0.3) is 0 Å². The highest BCUT2D eigenvalue weighted by Crippen LogP contribution is 1.67. The van der Waals surface area contributed by atoms with Gasteiger partial charge in [-0.05, 0) is 0 Å². The van der Waals surface area contributed by atoms with Gasteiger partial charge in [-0.3, -0.25) is 8.42 Å². The standard InChI is InChI=1S/2C6H9N2O.H2O4S/c2*1-7-4-3-5-8(2)6(7)9;1-5(2,3)4/h2*3-5H,1-2H3;(H2,1,2,3,4)/q2*+1;/p-2. The van der Waals surface area contributed by atoms with E-state index < -0.39 is 10.4 Å². The van der Waals surface area contributed by atoms with E-state index >= 15 is 0 Å². The van der Waals surface area contributed by atoms with Crippen molar-refractivity contribution in [3.05, 3.63) is 57.9 Å². The van der Waals surface area contributed by atoms with E-state index in [-0.39, 0.29) is 11.4 Å². The Morgan fingerprint density at radius 3 is 1.30 bits per heavy atom. The summed E-state index contributed by atoms with van der Waals surface area (Å²) < 4.78 is 40.2. The first kappa shape index (κ1) is 20.6. The van der Waals surface area contributed by atoms with Gasteiger partial charge < -0.3 is 9.11 Å². The summed E-state index contributed by atoms with van der Waals surface area (Å²) in [6.07, 6.45) is 6.90. The summed E-state index contributed by atoms with van der Waals surface area (Å²) in [5.74, 6) is 0. The van der Waals surface area contributed by atoms with Gasteiger partial charge in [0.25, 0.3) is 0 Å². The van der Waals surface area contributed by atoms with Crippen LogP contribution in [0, 0.1) is 0 Å². The van der Waals surface area contributed by atoms with E-state index in [4.69, 9.17) is 17.5 Å². The Bertz CT molecular complexity index is 744. The van der Waals surface area contributed by atoms with E-state index in [9.17, 15) is 9.59 Å². The molecule has 2 aromatic rings. The summed E-state index contributed by atoms with van der Waals surface area (Å²) in [5, 5.41) is 0. The lowest BCUT2D eigenvalue weighted by molar-refractivity contribution is -0.691. The van der Waals surface area contributed by atoms with Gasteiger partial charge in [0.15, 0.2) is 0 Å².